The number of thiophene rings is 1. The van der Waals surface area contributed by atoms with Crippen LogP contribution >= 0.6 is 46.0 Å². The summed E-state index contributed by atoms with van der Waals surface area (Å²) in [6.45, 7) is 0. The molecule has 0 N–H and O–H groups in total. The predicted molar refractivity (Wildman–Crippen MR) is 102 cm³/mol. The van der Waals surface area contributed by atoms with Crippen molar-refractivity contribution >= 4 is 46.0 Å². The molecule has 3 aromatic heterocycles. The van der Waals surface area contributed by atoms with E-state index in [1.807, 2.05) is 46.3 Å². The van der Waals surface area contributed by atoms with E-state index in [1.165, 1.54) is 23.1 Å². The molecule has 4 aromatic rings. The zero-order chi connectivity index (χ0) is 17.2. The Bertz CT molecular complexity index is 979. The first kappa shape index (κ1) is 16.6. The Morgan fingerprint density at radius 2 is 2.00 bits per heavy atom. The number of hydrogen-bond donors (Lipinski definition) is 0. The van der Waals surface area contributed by atoms with E-state index in [1.54, 1.807) is 24.6 Å². The van der Waals surface area contributed by atoms with Crippen molar-refractivity contribution in [2.45, 2.75) is 9.50 Å². The van der Waals surface area contributed by atoms with Gasteiger partial charge in [-0.15, -0.1) is 21.5 Å². The zero-order valence-electron chi connectivity index (χ0n) is 12.9. The third kappa shape index (κ3) is 3.43. The van der Waals surface area contributed by atoms with Crippen LogP contribution in [-0.2, 0) is 0 Å². The number of hydrogen-bond acceptors (Lipinski definition) is 7. The van der Waals surface area contributed by atoms with Crippen LogP contribution in [-0.4, -0.2) is 26.9 Å². The van der Waals surface area contributed by atoms with E-state index in [4.69, 9.17) is 16.3 Å². The molecule has 25 heavy (non-hydrogen) atoms. The Morgan fingerprint density at radius 3 is 2.64 bits per heavy atom. The van der Waals surface area contributed by atoms with Crippen LogP contribution in [0.4, 0.5) is 0 Å². The third-order valence-corrected chi connectivity index (χ3v) is 6.34. The van der Waals surface area contributed by atoms with Gasteiger partial charge >= 0.3 is 0 Å². The van der Waals surface area contributed by atoms with E-state index in [2.05, 4.69) is 15.2 Å². The van der Waals surface area contributed by atoms with Crippen LogP contribution in [0.1, 0.15) is 0 Å². The van der Waals surface area contributed by atoms with Crippen LogP contribution in [0.15, 0.2) is 57.5 Å². The zero-order valence-corrected chi connectivity index (χ0v) is 16.1. The van der Waals surface area contributed by atoms with Gasteiger partial charge in [-0.1, -0.05) is 29.0 Å². The molecule has 0 amide bonds. The SMILES string of the molecule is COc1ccc(-n2c(Sc3ncc(Cl)s3)nnc2-c2cccs2)cc1. The molecule has 0 fully saturated rings. The van der Waals surface area contributed by atoms with Gasteiger partial charge in [0.05, 0.1) is 23.9 Å². The third-order valence-electron chi connectivity index (χ3n) is 3.34. The monoisotopic (exact) mass is 406 g/mol. The van der Waals surface area contributed by atoms with Gasteiger partial charge in [0.1, 0.15) is 10.1 Å². The maximum atomic E-state index is 5.99. The summed E-state index contributed by atoms with van der Waals surface area (Å²) in [5.74, 6) is 1.60. The molecule has 0 bridgehead atoms. The number of methoxy groups -OCH3 is 1. The van der Waals surface area contributed by atoms with Crippen LogP contribution in [0.25, 0.3) is 16.4 Å². The highest BCUT2D eigenvalue weighted by Crippen LogP contribution is 2.36. The van der Waals surface area contributed by atoms with Crippen molar-refractivity contribution in [3.05, 3.63) is 52.3 Å². The van der Waals surface area contributed by atoms with Gasteiger partial charge in [0.2, 0.25) is 5.16 Å². The highest BCUT2D eigenvalue weighted by molar-refractivity contribution is 8.00. The molecule has 4 rings (SSSR count). The van der Waals surface area contributed by atoms with Crippen LogP contribution < -0.4 is 4.74 Å². The minimum Gasteiger partial charge on any atom is -0.497 e. The standard InChI is InChI=1S/C16H11ClN4OS3/c1-22-11-6-4-10(5-7-11)21-14(12-3-2-8-23-12)19-20-15(21)25-16-18-9-13(17)24-16/h2-9H,1H3. The van der Waals surface area contributed by atoms with Gasteiger partial charge in [-0.25, -0.2) is 4.98 Å². The first-order valence-corrected chi connectivity index (χ1v) is 10.1. The van der Waals surface area contributed by atoms with Gasteiger partial charge in [0, 0.05) is 0 Å². The molecule has 0 radical (unpaired) electrons. The molecule has 0 atom stereocenters. The molecule has 0 saturated carbocycles. The second kappa shape index (κ2) is 7.17. The molecule has 3 heterocycles. The van der Waals surface area contributed by atoms with Crippen LogP contribution in [0.3, 0.4) is 0 Å². The number of thiazole rings is 1. The molecule has 1 aromatic carbocycles. The lowest BCUT2D eigenvalue weighted by molar-refractivity contribution is 0.414. The molecule has 0 aliphatic heterocycles. The summed E-state index contributed by atoms with van der Waals surface area (Å²) in [4.78, 5) is 5.34. The van der Waals surface area contributed by atoms with Gasteiger partial charge in [-0.3, -0.25) is 4.57 Å². The van der Waals surface area contributed by atoms with E-state index in [-0.39, 0.29) is 0 Å². The summed E-state index contributed by atoms with van der Waals surface area (Å²) in [6, 6.07) is 11.8. The number of ether oxygens (including phenoxy) is 1. The molecule has 0 aliphatic rings. The summed E-state index contributed by atoms with van der Waals surface area (Å²) in [7, 11) is 1.65. The van der Waals surface area contributed by atoms with Crippen molar-refractivity contribution in [2.75, 3.05) is 7.11 Å². The van der Waals surface area contributed by atoms with Crippen LogP contribution in [0, 0.1) is 0 Å². The van der Waals surface area contributed by atoms with Crippen LogP contribution in [0.5, 0.6) is 5.75 Å². The lowest BCUT2D eigenvalue weighted by atomic mass is 10.3. The van der Waals surface area contributed by atoms with Crippen molar-refractivity contribution < 1.29 is 4.74 Å². The molecule has 0 unspecified atom stereocenters. The van der Waals surface area contributed by atoms with Crippen molar-refractivity contribution in [2.24, 2.45) is 0 Å². The van der Waals surface area contributed by atoms with E-state index in [9.17, 15) is 0 Å². The number of rotatable bonds is 5. The lowest BCUT2D eigenvalue weighted by Crippen LogP contribution is -1.98. The molecule has 126 valence electrons. The van der Waals surface area contributed by atoms with Gasteiger partial charge in [-0.2, -0.15) is 0 Å². The van der Waals surface area contributed by atoms with Crippen LogP contribution in [0.2, 0.25) is 4.34 Å². The number of benzene rings is 1. The largest absolute Gasteiger partial charge is 0.497 e. The predicted octanol–water partition coefficient (Wildman–Crippen LogP) is 5.27. The quantitative estimate of drug-likeness (QED) is 0.452. The highest BCUT2D eigenvalue weighted by Gasteiger charge is 2.18. The fraction of sp³-hybridized carbons (Fsp3) is 0.0625. The van der Waals surface area contributed by atoms with Crippen molar-refractivity contribution in [1.82, 2.24) is 19.7 Å². The fourth-order valence-corrected chi connectivity index (χ4v) is 5.00. The average molecular weight is 407 g/mol. The average Bonchev–Trinajstić information content (AvgIpc) is 3.36. The Morgan fingerprint density at radius 1 is 1.16 bits per heavy atom. The van der Waals surface area contributed by atoms with E-state index >= 15 is 0 Å². The summed E-state index contributed by atoms with van der Waals surface area (Å²) in [5.41, 5.74) is 0.958. The number of aromatic nitrogens is 4. The Kier molecular flexibility index (Phi) is 4.76. The van der Waals surface area contributed by atoms with Gasteiger partial charge in [0.25, 0.3) is 0 Å². The Hall–Kier alpha value is -1.87. The molecule has 0 saturated heterocycles. The van der Waals surface area contributed by atoms with E-state index in [0.717, 1.165) is 31.6 Å². The highest BCUT2D eigenvalue weighted by atomic mass is 35.5. The lowest BCUT2D eigenvalue weighted by Gasteiger charge is -2.09. The molecule has 0 aliphatic carbocycles. The minimum absolute atomic E-state index is 0.650. The van der Waals surface area contributed by atoms with E-state index in [0.29, 0.717) is 4.34 Å². The van der Waals surface area contributed by atoms with Crippen molar-refractivity contribution in [3.63, 3.8) is 0 Å². The first-order valence-electron chi connectivity index (χ1n) is 7.17. The molecular formula is C16H11ClN4OS3. The van der Waals surface area contributed by atoms with Gasteiger partial charge in [-0.05, 0) is 47.5 Å². The number of halogens is 1. The smallest absolute Gasteiger partial charge is 0.203 e. The van der Waals surface area contributed by atoms with Gasteiger partial charge in [0.15, 0.2) is 10.2 Å². The topological polar surface area (TPSA) is 52.8 Å². The summed E-state index contributed by atoms with van der Waals surface area (Å²) >= 11 is 10.5. The number of nitrogens with zero attached hydrogens (tertiary/aromatic N) is 4. The minimum atomic E-state index is 0.650. The first-order chi connectivity index (χ1) is 12.2. The second-order valence-corrected chi connectivity index (χ2v) is 8.67. The summed E-state index contributed by atoms with van der Waals surface area (Å²) in [5, 5.41) is 11.5. The maximum absolute atomic E-state index is 5.99. The van der Waals surface area contributed by atoms with Crippen molar-refractivity contribution in [3.8, 4) is 22.1 Å². The van der Waals surface area contributed by atoms with Crippen molar-refractivity contribution in [1.29, 1.82) is 0 Å². The maximum Gasteiger partial charge on any atom is 0.203 e. The summed E-state index contributed by atoms with van der Waals surface area (Å²) in [6.07, 6.45) is 1.64. The van der Waals surface area contributed by atoms with Gasteiger partial charge < -0.3 is 4.74 Å². The Balaban J connectivity index is 1.81. The Labute approximate surface area is 161 Å². The second-order valence-electron chi connectivity index (χ2n) is 4.85. The molecule has 5 nitrogen and oxygen atoms in total. The molecule has 9 heteroatoms. The van der Waals surface area contributed by atoms with E-state index < -0.39 is 0 Å². The molecule has 0 spiro atoms. The normalized spacial score (nSPS) is 11.0. The molecular weight excluding hydrogens is 396 g/mol. The fourth-order valence-electron chi connectivity index (χ4n) is 2.23. The summed E-state index contributed by atoms with van der Waals surface area (Å²) < 4.78 is 8.74.